The molecule has 12 heteroatoms. The van der Waals surface area contributed by atoms with Gasteiger partial charge in [0.15, 0.2) is 6.10 Å². The Morgan fingerprint density at radius 1 is 0.392 bits per heavy atom. The summed E-state index contributed by atoms with van der Waals surface area (Å²) in [5.41, 5.74) is 0. The summed E-state index contributed by atoms with van der Waals surface area (Å²) in [5, 5.41) is 9.81. The van der Waals surface area contributed by atoms with Gasteiger partial charge in [-0.15, -0.1) is 0 Å². The summed E-state index contributed by atoms with van der Waals surface area (Å²) in [5.74, 6) is -1.55. The average molecular weight is 1050 g/mol. The van der Waals surface area contributed by atoms with Crippen molar-refractivity contribution in [1.29, 1.82) is 0 Å². The van der Waals surface area contributed by atoms with E-state index in [1.165, 1.54) is 0 Å². The fourth-order valence-electron chi connectivity index (χ4n) is 7.08. The third-order valence-electron chi connectivity index (χ3n) is 11.3. The number of allylic oxidation sites excluding steroid dienone is 20. The minimum absolute atomic E-state index is 0.118. The molecular formula is C62H101O11P. The van der Waals surface area contributed by atoms with Crippen LogP contribution in [0, 0.1) is 0 Å². The van der Waals surface area contributed by atoms with Gasteiger partial charge in [-0.1, -0.05) is 194 Å². The van der Waals surface area contributed by atoms with E-state index in [9.17, 15) is 28.9 Å². The first-order chi connectivity index (χ1) is 36.2. The summed E-state index contributed by atoms with van der Waals surface area (Å²) >= 11 is 0. The van der Waals surface area contributed by atoms with Crippen molar-refractivity contribution in [3.63, 3.8) is 0 Å². The van der Waals surface area contributed by atoms with Gasteiger partial charge in [0.05, 0.1) is 19.8 Å². The van der Waals surface area contributed by atoms with E-state index in [0.29, 0.717) is 19.3 Å². The van der Waals surface area contributed by atoms with Crippen LogP contribution < -0.4 is 0 Å². The predicted molar refractivity (Wildman–Crippen MR) is 306 cm³/mol. The van der Waals surface area contributed by atoms with E-state index < -0.39 is 57.8 Å². The van der Waals surface area contributed by atoms with Gasteiger partial charge < -0.3 is 24.2 Å². The second-order valence-corrected chi connectivity index (χ2v) is 19.8. The molecule has 0 aliphatic carbocycles. The molecule has 74 heavy (non-hydrogen) atoms. The van der Waals surface area contributed by atoms with Crippen LogP contribution in [0.1, 0.15) is 213 Å². The number of carbonyl (C=O) groups excluding carboxylic acids is 3. The molecule has 0 rings (SSSR count). The summed E-state index contributed by atoms with van der Waals surface area (Å²) in [4.78, 5) is 48.5. The molecule has 0 heterocycles. The number of rotatable bonds is 51. The van der Waals surface area contributed by atoms with Crippen molar-refractivity contribution in [2.45, 2.75) is 226 Å². The van der Waals surface area contributed by atoms with E-state index in [1.54, 1.807) is 0 Å². The lowest BCUT2D eigenvalue weighted by atomic mass is 10.1. The highest BCUT2D eigenvalue weighted by molar-refractivity contribution is 7.47. The normalized spacial score (nSPS) is 14.3. The first-order valence-corrected chi connectivity index (χ1v) is 29.9. The van der Waals surface area contributed by atoms with Crippen LogP contribution in [0.5, 0.6) is 0 Å². The van der Waals surface area contributed by atoms with Crippen LogP contribution in [0.25, 0.3) is 0 Å². The van der Waals surface area contributed by atoms with Gasteiger partial charge >= 0.3 is 25.7 Å². The standard InChI is InChI=1S/C62H101O11P/c1-4-7-10-13-16-19-22-25-27-28-29-30-32-35-38-41-44-47-50-53-62(66)73-59(55-69-60(64)51-48-45-42-39-36-33-24-21-18-15-12-9-6-3)57-71-74(67,68)70-56-58(54-63)72-61(65)52-49-46-43-40-37-34-31-26-23-20-17-14-11-8-5-2/h7-8,10-12,15-17,19-21,24-27,29-31,35,38,58-59,63H,4-6,9,13-14,18,22-23,28,32-34,36-37,39-57H2,1-3H3,(H,67,68)/b10-7-,11-8-,15-12-,19-16-,20-17-,24-21-,27-25-,30-29-,31-26-,38-35-. The second kappa shape index (κ2) is 55.1. The molecule has 2 N–H and O–H groups in total. The van der Waals surface area contributed by atoms with Crippen molar-refractivity contribution in [3.05, 3.63) is 122 Å². The zero-order valence-corrected chi connectivity index (χ0v) is 47.2. The Balaban J connectivity index is 4.82. The predicted octanol–water partition coefficient (Wildman–Crippen LogP) is 16.8. The molecule has 11 nitrogen and oxygen atoms in total. The number of hydrogen-bond acceptors (Lipinski definition) is 10. The summed E-state index contributed by atoms with van der Waals surface area (Å²) in [6.07, 6.45) is 67.3. The van der Waals surface area contributed by atoms with E-state index >= 15 is 0 Å². The quantitative estimate of drug-likeness (QED) is 0.0197. The van der Waals surface area contributed by atoms with Crippen LogP contribution in [0.15, 0.2) is 122 Å². The van der Waals surface area contributed by atoms with Gasteiger partial charge in [0.1, 0.15) is 12.7 Å². The van der Waals surface area contributed by atoms with Crippen molar-refractivity contribution < 1.29 is 52.2 Å². The van der Waals surface area contributed by atoms with Crippen LogP contribution in [-0.2, 0) is 42.2 Å². The Morgan fingerprint density at radius 2 is 0.703 bits per heavy atom. The van der Waals surface area contributed by atoms with Crippen LogP contribution >= 0.6 is 7.82 Å². The minimum Gasteiger partial charge on any atom is -0.462 e. The maximum Gasteiger partial charge on any atom is 0.472 e. The SMILES string of the molecule is CC/C=C\C/C=C\C/C=C\C/C=C\C/C=C\CCCCCC(=O)OC(COC(=O)CCCCCCC/C=C\C/C=C\CCC)COP(=O)(O)OCC(CO)OC(=O)CCCCCCC/C=C\C/C=C\C/C=C\CC. The molecule has 3 atom stereocenters. The summed E-state index contributed by atoms with van der Waals surface area (Å²) < 4.78 is 39.4. The van der Waals surface area contributed by atoms with E-state index in [-0.39, 0.29) is 25.9 Å². The Bertz CT molecular complexity index is 1700. The van der Waals surface area contributed by atoms with E-state index in [4.69, 9.17) is 23.3 Å². The number of aliphatic hydroxyl groups is 1. The van der Waals surface area contributed by atoms with E-state index in [0.717, 1.165) is 154 Å². The van der Waals surface area contributed by atoms with Crippen molar-refractivity contribution in [2.24, 2.45) is 0 Å². The highest BCUT2D eigenvalue weighted by Gasteiger charge is 2.28. The van der Waals surface area contributed by atoms with Crippen LogP contribution in [0.2, 0.25) is 0 Å². The number of carbonyl (C=O) groups is 3. The molecule has 0 radical (unpaired) electrons. The molecule has 0 aliphatic rings. The lowest BCUT2D eigenvalue weighted by Crippen LogP contribution is -2.30. The van der Waals surface area contributed by atoms with Crippen LogP contribution in [-0.4, -0.2) is 66.5 Å². The number of esters is 3. The number of phosphoric ester groups is 1. The number of unbranched alkanes of at least 4 members (excludes halogenated alkanes) is 14. The molecular weight excluding hydrogens is 952 g/mol. The maximum absolute atomic E-state index is 12.9. The third kappa shape index (κ3) is 52.7. The molecule has 420 valence electrons. The Hall–Kier alpha value is -4.12. The second-order valence-electron chi connectivity index (χ2n) is 18.3. The van der Waals surface area contributed by atoms with Crippen LogP contribution in [0.4, 0.5) is 0 Å². The lowest BCUT2D eigenvalue weighted by molar-refractivity contribution is -0.161. The number of phosphoric acid groups is 1. The molecule has 0 aromatic rings. The lowest BCUT2D eigenvalue weighted by Gasteiger charge is -2.21. The van der Waals surface area contributed by atoms with Gasteiger partial charge in [0.25, 0.3) is 0 Å². The van der Waals surface area contributed by atoms with Crippen molar-refractivity contribution in [2.75, 3.05) is 26.4 Å². The Morgan fingerprint density at radius 3 is 1.09 bits per heavy atom. The van der Waals surface area contributed by atoms with Gasteiger partial charge in [-0.3, -0.25) is 23.4 Å². The van der Waals surface area contributed by atoms with Gasteiger partial charge in [0, 0.05) is 19.3 Å². The largest absolute Gasteiger partial charge is 0.472 e. The van der Waals surface area contributed by atoms with Gasteiger partial charge in [-0.2, -0.15) is 0 Å². The zero-order chi connectivity index (χ0) is 54.1. The van der Waals surface area contributed by atoms with Gasteiger partial charge in [-0.05, 0) is 122 Å². The molecule has 3 unspecified atom stereocenters. The molecule has 0 spiro atoms. The summed E-state index contributed by atoms with van der Waals surface area (Å²) in [7, 11) is -4.77. The molecule has 0 aromatic heterocycles. The minimum atomic E-state index is -4.77. The molecule has 0 bridgehead atoms. The molecule has 0 fully saturated rings. The first kappa shape index (κ1) is 69.9. The summed E-state index contributed by atoms with van der Waals surface area (Å²) in [6, 6.07) is 0. The van der Waals surface area contributed by atoms with Crippen LogP contribution in [0.3, 0.4) is 0 Å². The fourth-order valence-corrected chi connectivity index (χ4v) is 7.86. The Labute approximate surface area is 449 Å². The maximum atomic E-state index is 12.9. The third-order valence-corrected chi connectivity index (χ3v) is 12.3. The molecule has 0 aromatic carbocycles. The molecule has 0 saturated carbocycles. The monoisotopic (exact) mass is 1050 g/mol. The molecule has 0 amide bonds. The van der Waals surface area contributed by atoms with Gasteiger partial charge in [-0.25, -0.2) is 4.57 Å². The number of ether oxygens (including phenoxy) is 3. The molecule has 0 saturated heterocycles. The average Bonchev–Trinajstić information content (AvgIpc) is 3.39. The highest BCUT2D eigenvalue weighted by Crippen LogP contribution is 2.43. The smallest absolute Gasteiger partial charge is 0.462 e. The van der Waals surface area contributed by atoms with E-state index in [1.807, 2.05) is 0 Å². The Kier molecular flexibility index (Phi) is 52.1. The van der Waals surface area contributed by atoms with Crippen molar-refractivity contribution in [3.8, 4) is 0 Å². The van der Waals surface area contributed by atoms with E-state index in [2.05, 4.69) is 142 Å². The number of hydrogen-bond donors (Lipinski definition) is 2. The van der Waals surface area contributed by atoms with Gasteiger partial charge in [0.2, 0.25) is 0 Å². The topological polar surface area (TPSA) is 155 Å². The fraction of sp³-hybridized carbons (Fsp3) is 0.629. The van der Waals surface area contributed by atoms with Crippen molar-refractivity contribution >= 4 is 25.7 Å². The highest BCUT2D eigenvalue weighted by atomic mass is 31.2. The van der Waals surface area contributed by atoms with Crippen molar-refractivity contribution in [1.82, 2.24) is 0 Å². The summed E-state index contributed by atoms with van der Waals surface area (Å²) in [6.45, 7) is 4.26. The number of aliphatic hydroxyl groups excluding tert-OH is 1. The first-order valence-electron chi connectivity index (χ1n) is 28.4. The molecule has 0 aliphatic heterocycles. The zero-order valence-electron chi connectivity index (χ0n) is 46.3.